The molecule has 0 rings (SSSR count). The van der Waals surface area contributed by atoms with Crippen molar-refractivity contribution in [3.05, 3.63) is 0 Å². The summed E-state index contributed by atoms with van der Waals surface area (Å²) >= 11 is 0. The van der Waals surface area contributed by atoms with Crippen LogP contribution in [-0.2, 0) is 0 Å². The number of alkyl halides is 2. The van der Waals surface area contributed by atoms with E-state index in [1.807, 2.05) is 0 Å². The van der Waals surface area contributed by atoms with Crippen LogP contribution >= 0.6 is 0 Å². The third-order valence-corrected chi connectivity index (χ3v) is 1.07. The van der Waals surface area contributed by atoms with E-state index < -0.39 is 24.7 Å². The maximum atomic E-state index is 12.0. The van der Waals surface area contributed by atoms with Crippen LogP contribution in [0.3, 0.4) is 0 Å². The highest BCUT2D eigenvalue weighted by atomic mass is 19.3. The van der Waals surface area contributed by atoms with Gasteiger partial charge in [-0.2, -0.15) is 0 Å². The highest BCUT2D eigenvalue weighted by Gasteiger charge is 2.37. The summed E-state index contributed by atoms with van der Waals surface area (Å²) in [5, 5.41) is 25.1. The molecule has 0 aliphatic rings. The van der Waals surface area contributed by atoms with E-state index in [1.54, 1.807) is 0 Å². The number of halogens is 2. The van der Waals surface area contributed by atoms with E-state index in [9.17, 15) is 8.78 Å². The van der Waals surface area contributed by atoms with Gasteiger partial charge in [0.05, 0.1) is 6.61 Å². The topological polar surface area (TPSA) is 60.7 Å². The normalized spacial score (nSPS) is 18.6. The van der Waals surface area contributed by atoms with Crippen molar-refractivity contribution < 1.29 is 24.1 Å². The van der Waals surface area contributed by atoms with Crippen LogP contribution in [0.1, 0.15) is 6.92 Å². The lowest BCUT2D eigenvalue weighted by Gasteiger charge is -2.21. The van der Waals surface area contributed by atoms with Gasteiger partial charge in [-0.05, 0) is 0 Å². The van der Waals surface area contributed by atoms with Crippen molar-refractivity contribution in [1.29, 1.82) is 0 Å². The van der Waals surface area contributed by atoms with Gasteiger partial charge in [-0.15, -0.1) is 0 Å². The first kappa shape index (κ1) is 9.74. The molecule has 0 aromatic heterocycles. The summed E-state index contributed by atoms with van der Waals surface area (Å²) in [5.74, 6) is -3.37. The molecule has 0 heterocycles. The molecule has 0 aromatic rings. The predicted molar refractivity (Wildman–Crippen MR) is 29.7 cm³/mol. The van der Waals surface area contributed by atoms with Gasteiger partial charge in [0.15, 0.2) is 0 Å². The fourth-order valence-electron chi connectivity index (χ4n) is 0.438. The molecule has 0 saturated heterocycles. The second kappa shape index (κ2) is 3.23. The second-order valence-corrected chi connectivity index (χ2v) is 2.15. The Morgan fingerprint density at radius 2 is 1.80 bits per heavy atom. The van der Waals surface area contributed by atoms with Crippen LogP contribution in [0.25, 0.3) is 0 Å². The first-order valence-electron chi connectivity index (χ1n) is 2.74. The number of aliphatic hydroxyl groups excluding tert-OH is 3. The molecule has 10 heavy (non-hydrogen) atoms. The number of hydrogen-bond acceptors (Lipinski definition) is 3. The summed E-state index contributed by atoms with van der Waals surface area (Å²) < 4.78 is 24.1. The highest BCUT2D eigenvalue weighted by Crippen LogP contribution is 2.19. The smallest absolute Gasteiger partial charge is 0.273 e. The van der Waals surface area contributed by atoms with Gasteiger partial charge in [0.2, 0.25) is 0 Å². The third kappa shape index (κ3) is 2.55. The van der Waals surface area contributed by atoms with Crippen LogP contribution in [-0.4, -0.2) is 40.1 Å². The van der Waals surface area contributed by atoms with Crippen molar-refractivity contribution in [2.24, 2.45) is 0 Å². The lowest BCUT2D eigenvalue weighted by molar-refractivity contribution is -0.148. The van der Waals surface area contributed by atoms with Crippen LogP contribution in [0.15, 0.2) is 0 Å². The molecule has 3 nitrogen and oxygen atoms in total. The maximum absolute atomic E-state index is 12.0. The zero-order valence-corrected chi connectivity index (χ0v) is 5.46. The number of rotatable bonds is 3. The summed E-state index contributed by atoms with van der Waals surface area (Å²) in [6.45, 7) is -0.402. The fourth-order valence-corrected chi connectivity index (χ4v) is 0.438. The van der Waals surface area contributed by atoms with E-state index in [2.05, 4.69) is 0 Å². The third-order valence-electron chi connectivity index (χ3n) is 1.07. The van der Waals surface area contributed by atoms with Gasteiger partial charge in [0.1, 0.15) is 12.2 Å². The van der Waals surface area contributed by atoms with E-state index in [4.69, 9.17) is 15.3 Å². The van der Waals surface area contributed by atoms with Crippen molar-refractivity contribution >= 4 is 0 Å². The Bertz CT molecular complexity index is 102. The number of hydrogen-bond donors (Lipinski definition) is 3. The molecule has 3 N–H and O–H groups in total. The summed E-state index contributed by atoms with van der Waals surface area (Å²) in [5.41, 5.74) is 0. The minimum Gasteiger partial charge on any atom is -0.394 e. The van der Waals surface area contributed by atoms with Crippen molar-refractivity contribution in [2.75, 3.05) is 6.61 Å². The van der Waals surface area contributed by atoms with Gasteiger partial charge in [0, 0.05) is 6.92 Å². The second-order valence-electron chi connectivity index (χ2n) is 2.15. The summed E-state index contributed by atoms with van der Waals surface area (Å²) in [6.07, 6.45) is -3.97. The Morgan fingerprint density at radius 3 is 1.90 bits per heavy atom. The minimum absolute atomic E-state index is 0.469. The molecule has 0 bridgehead atoms. The molecule has 0 saturated carbocycles. The lowest BCUT2D eigenvalue weighted by Crippen LogP contribution is -2.42. The zero-order chi connectivity index (χ0) is 8.36. The first-order chi connectivity index (χ1) is 4.39. The average molecular weight is 156 g/mol. The molecule has 0 amide bonds. The Morgan fingerprint density at radius 1 is 1.40 bits per heavy atom. The molecule has 5 heteroatoms. The van der Waals surface area contributed by atoms with Gasteiger partial charge in [-0.3, -0.25) is 0 Å². The van der Waals surface area contributed by atoms with Crippen molar-refractivity contribution in [3.63, 3.8) is 0 Å². The van der Waals surface area contributed by atoms with E-state index in [-0.39, 0.29) is 0 Å². The Labute approximate surface area is 56.9 Å². The Hall–Kier alpha value is -0.260. The van der Waals surface area contributed by atoms with E-state index in [1.165, 1.54) is 0 Å². The maximum Gasteiger partial charge on any atom is 0.273 e. The van der Waals surface area contributed by atoms with Crippen molar-refractivity contribution in [1.82, 2.24) is 0 Å². The van der Waals surface area contributed by atoms with Crippen LogP contribution < -0.4 is 0 Å². The molecular formula is C5H10F2O3. The van der Waals surface area contributed by atoms with Crippen molar-refractivity contribution in [3.8, 4) is 0 Å². The fraction of sp³-hybridized carbons (Fsp3) is 1.00. The molecular weight excluding hydrogens is 146 g/mol. The quantitative estimate of drug-likeness (QED) is 0.509. The van der Waals surface area contributed by atoms with Crippen LogP contribution in [0.4, 0.5) is 8.78 Å². The molecule has 0 spiro atoms. The Balaban J connectivity index is 3.94. The predicted octanol–water partition coefficient (Wildman–Crippen LogP) is -0.644. The molecule has 0 radical (unpaired) electrons. The summed E-state index contributed by atoms with van der Waals surface area (Å²) in [7, 11) is 0. The average Bonchev–Trinajstić information content (AvgIpc) is 1.83. The van der Waals surface area contributed by atoms with E-state index in [0.29, 0.717) is 6.92 Å². The van der Waals surface area contributed by atoms with Crippen molar-refractivity contribution in [2.45, 2.75) is 25.1 Å². The van der Waals surface area contributed by atoms with Gasteiger partial charge < -0.3 is 15.3 Å². The molecule has 0 aromatic carbocycles. The minimum atomic E-state index is -3.37. The van der Waals surface area contributed by atoms with Crippen LogP contribution in [0, 0.1) is 0 Å². The Kier molecular flexibility index (Phi) is 3.14. The van der Waals surface area contributed by atoms with Gasteiger partial charge >= 0.3 is 0 Å². The zero-order valence-electron chi connectivity index (χ0n) is 5.46. The molecule has 0 aliphatic carbocycles. The summed E-state index contributed by atoms with van der Waals surface area (Å²) in [4.78, 5) is 0. The number of aliphatic hydroxyl groups is 3. The highest BCUT2D eigenvalue weighted by molar-refractivity contribution is 4.77. The molecule has 2 atom stereocenters. The first-order valence-corrected chi connectivity index (χ1v) is 2.74. The monoisotopic (exact) mass is 156 g/mol. The molecule has 0 fully saturated rings. The van der Waals surface area contributed by atoms with E-state index in [0.717, 1.165) is 0 Å². The van der Waals surface area contributed by atoms with E-state index >= 15 is 0 Å². The molecule has 0 aliphatic heterocycles. The van der Waals surface area contributed by atoms with Gasteiger partial charge in [-0.1, -0.05) is 0 Å². The van der Waals surface area contributed by atoms with Gasteiger partial charge in [0.25, 0.3) is 5.92 Å². The molecule has 0 unspecified atom stereocenters. The van der Waals surface area contributed by atoms with Gasteiger partial charge in [-0.25, -0.2) is 8.78 Å². The van der Waals surface area contributed by atoms with Crippen LogP contribution in [0.2, 0.25) is 0 Å². The SMILES string of the molecule is CC(F)(F)[C@H](O)[C@H](O)CO. The largest absolute Gasteiger partial charge is 0.394 e. The van der Waals surface area contributed by atoms with Crippen LogP contribution in [0.5, 0.6) is 0 Å². The molecule has 62 valence electrons. The summed E-state index contributed by atoms with van der Waals surface area (Å²) in [6, 6.07) is 0. The lowest BCUT2D eigenvalue weighted by atomic mass is 10.1. The standard InChI is InChI=1S/C5H10F2O3/c1-5(6,7)4(10)3(9)2-8/h3-4,8-10H,2H2,1H3/t3-,4-/m1/s1.